The molecule has 48 heavy (non-hydrogen) atoms. The molecule has 8 rings (SSSR count). The van der Waals surface area contributed by atoms with Crippen molar-refractivity contribution in [3.8, 4) is 28.6 Å². The van der Waals surface area contributed by atoms with E-state index in [9.17, 15) is 5.26 Å². The lowest BCUT2D eigenvalue weighted by atomic mass is 9.86. The van der Waals surface area contributed by atoms with Crippen LogP contribution in [0.5, 0.6) is 0 Å². The topological polar surface area (TPSA) is 33.6 Å². The van der Waals surface area contributed by atoms with E-state index in [4.69, 9.17) is 0 Å². The average molecular weight is 622 g/mol. The number of hydrogen-bond acceptors (Lipinski definition) is 1. The molecule has 0 radical (unpaired) electrons. The van der Waals surface area contributed by atoms with Crippen molar-refractivity contribution < 1.29 is 0 Å². The van der Waals surface area contributed by atoms with Gasteiger partial charge in [0.15, 0.2) is 0 Å². The zero-order chi connectivity index (χ0) is 33.4. The van der Waals surface area contributed by atoms with Crippen LogP contribution in [-0.2, 0) is 10.8 Å². The van der Waals surface area contributed by atoms with Crippen LogP contribution in [0.3, 0.4) is 0 Å². The second kappa shape index (κ2) is 10.7. The molecule has 0 aliphatic heterocycles. The van der Waals surface area contributed by atoms with Gasteiger partial charge in [-0.05, 0) is 87.7 Å². The van der Waals surface area contributed by atoms with Gasteiger partial charge in [0.2, 0.25) is 0 Å². The summed E-state index contributed by atoms with van der Waals surface area (Å²) in [4.78, 5) is 0. The summed E-state index contributed by atoms with van der Waals surface area (Å²) in [5.41, 5.74) is 12.1. The summed E-state index contributed by atoms with van der Waals surface area (Å²) in [6.07, 6.45) is 0. The average Bonchev–Trinajstić information content (AvgIpc) is 3.59. The summed E-state index contributed by atoms with van der Waals surface area (Å²) in [6.45, 7) is 13.6. The molecule has 234 valence electrons. The summed E-state index contributed by atoms with van der Waals surface area (Å²) in [6, 6.07) is 48.4. The molecule has 0 aliphatic carbocycles. The monoisotopic (exact) mass is 621 g/mol. The Hall–Kier alpha value is -5.59. The fraction of sp³-hybridized carbons (Fsp3) is 0.178. The Labute approximate surface area is 282 Å². The van der Waals surface area contributed by atoms with Crippen LogP contribution in [0, 0.1) is 11.3 Å². The summed E-state index contributed by atoms with van der Waals surface area (Å²) < 4.78 is 4.72. The fourth-order valence-corrected chi connectivity index (χ4v) is 7.23. The molecule has 0 fully saturated rings. The van der Waals surface area contributed by atoms with Crippen molar-refractivity contribution >= 4 is 43.6 Å². The number of aromatic nitrogens is 2. The van der Waals surface area contributed by atoms with Crippen LogP contribution in [0.2, 0.25) is 0 Å². The first-order valence-electron chi connectivity index (χ1n) is 16.7. The van der Waals surface area contributed by atoms with Crippen LogP contribution in [-0.4, -0.2) is 9.13 Å². The fourth-order valence-electron chi connectivity index (χ4n) is 7.23. The van der Waals surface area contributed by atoms with E-state index in [2.05, 4.69) is 172 Å². The van der Waals surface area contributed by atoms with E-state index >= 15 is 0 Å². The van der Waals surface area contributed by atoms with Gasteiger partial charge in [-0.2, -0.15) is 5.26 Å². The second-order valence-corrected chi connectivity index (χ2v) is 15.1. The lowest BCUT2D eigenvalue weighted by Crippen LogP contribution is -2.10. The smallest absolute Gasteiger partial charge is 0.0992 e. The number of hydrogen-bond donors (Lipinski definition) is 0. The quantitative estimate of drug-likeness (QED) is 0.193. The second-order valence-electron chi connectivity index (χ2n) is 15.1. The van der Waals surface area contributed by atoms with Crippen molar-refractivity contribution in [2.24, 2.45) is 0 Å². The number of rotatable bonds is 3. The highest BCUT2D eigenvalue weighted by Crippen LogP contribution is 2.38. The van der Waals surface area contributed by atoms with Crippen molar-refractivity contribution in [3.63, 3.8) is 0 Å². The van der Waals surface area contributed by atoms with E-state index in [-0.39, 0.29) is 10.8 Å². The lowest BCUT2D eigenvalue weighted by Gasteiger charge is -2.20. The Morgan fingerprint density at radius 2 is 0.938 bits per heavy atom. The highest BCUT2D eigenvalue weighted by atomic mass is 15.0. The van der Waals surface area contributed by atoms with E-state index < -0.39 is 0 Å². The van der Waals surface area contributed by atoms with Gasteiger partial charge in [0.05, 0.1) is 33.7 Å². The molecule has 0 saturated carbocycles. The molecule has 0 saturated heterocycles. The van der Waals surface area contributed by atoms with Crippen LogP contribution < -0.4 is 0 Å². The van der Waals surface area contributed by atoms with Gasteiger partial charge in [-0.1, -0.05) is 114 Å². The molecule has 0 atom stereocenters. The van der Waals surface area contributed by atoms with Gasteiger partial charge in [-0.3, -0.25) is 0 Å². The Balaban J connectivity index is 1.35. The summed E-state index contributed by atoms with van der Waals surface area (Å²) in [5.74, 6) is 0. The zero-order valence-electron chi connectivity index (χ0n) is 28.5. The Bertz CT molecular complexity index is 2590. The Kier molecular flexibility index (Phi) is 6.65. The molecular weight excluding hydrogens is 583 g/mol. The Morgan fingerprint density at radius 3 is 1.48 bits per heavy atom. The SMILES string of the molecule is CC(C)(C)c1ccc2c3ccccc3n(-c3cccc(-c4cc(C#N)cc(-n5c6ccccc6c6ccc(C(C)(C)C)cc65)c4)c3)c2c1. The molecule has 8 aromatic rings. The predicted octanol–water partition coefficient (Wildman–Crippen LogP) is 12.0. The molecule has 2 heterocycles. The highest BCUT2D eigenvalue weighted by Gasteiger charge is 2.20. The largest absolute Gasteiger partial charge is 0.309 e. The first kappa shape index (κ1) is 29.8. The predicted molar refractivity (Wildman–Crippen MR) is 203 cm³/mol. The molecular formula is C45H39N3. The molecule has 2 aromatic heterocycles. The van der Waals surface area contributed by atoms with Gasteiger partial charge in [-0.15, -0.1) is 0 Å². The molecule has 3 heteroatoms. The van der Waals surface area contributed by atoms with Crippen molar-refractivity contribution in [1.29, 1.82) is 5.26 Å². The van der Waals surface area contributed by atoms with Crippen LogP contribution >= 0.6 is 0 Å². The van der Waals surface area contributed by atoms with Crippen molar-refractivity contribution in [1.82, 2.24) is 9.13 Å². The lowest BCUT2D eigenvalue weighted by molar-refractivity contribution is 0.590. The summed E-state index contributed by atoms with van der Waals surface area (Å²) in [7, 11) is 0. The number of nitriles is 1. The third-order valence-corrected chi connectivity index (χ3v) is 9.82. The van der Waals surface area contributed by atoms with Crippen LogP contribution in [0.1, 0.15) is 58.2 Å². The van der Waals surface area contributed by atoms with E-state index in [0.717, 1.165) is 33.5 Å². The molecule has 0 N–H and O–H groups in total. The first-order chi connectivity index (χ1) is 23.0. The van der Waals surface area contributed by atoms with Crippen molar-refractivity contribution in [2.45, 2.75) is 52.4 Å². The van der Waals surface area contributed by atoms with Gasteiger partial charge in [0, 0.05) is 32.9 Å². The van der Waals surface area contributed by atoms with E-state index in [1.54, 1.807) is 0 Å². The molecule has 0 spiro atoms. The molecule has 0 aliphatic rings. The van der Waals surface area contributed by atoms with Crippen molar-refractivity contribution in [3.05, 3.63) is 144 Å². The third-order valence-electron chi connectivity index (χ3n) is 9.82. The van der Waals surface area contributed by atoms with Gasteiger partial charge in [-0.25, -0.2) is 0 Å². The molecule has 6 aromatic carbocycles. The number of para-hydroxylation sites is 2. The zero-order valence-corrected chi connectivity index (χ0v) is 28.5. The van der Waals surface area contributed by atoms with E-state index in [0.29, 0.717) is 5.56 Å². The normalized spacial score (nSPS) is 12.4. The van der Waals surface area contributed by atoms with Crippen LogP contribution in [0.15, 0.2) is 127 Å². The first-order valence-corrected chi connectivity index (χ1v) is 16.7. The Morgan fingerprint density at radius 1 is 0.438 bits per heavy atom. The number of fused-ring (bicyclic) bond motifs is 6. The van der Waals surface area contributed by atoms with Crippen LogP contribution in [0.25, 0.3) is 66.1 Å². The minimum Gasteiger partial charge on any atom is -0.309 e. The maximum Gasteiger partial charge on any atom is 0.0992 e. The number of benzene rings is 6. The molecule has 0 unspecified atom stereocenters. The summed E-state index contributed by atoms with van der Waals surface area (Å²) >= 11 is 0. The molecule has 3 nitrogen and oxygen atoms in total. The van der Waals surface area contributed by atoms with Gasteiger partial charge in [0.1, 0.15) is 0 Å². The van der Waals surface area contributed by atoms with Gasteiger partial charge < -0.3 is 9.13 Å². The number of nitrogens with zero attached hydrogens (tertiary/aromatic N) is 3. The standard InChI is InChI=1S/C45H39N3/c1-44(2,3)32-18-20-38-36-14-7-9-16-40(36)47(42(38)26-32)34-13-11-12-30(24-34)31-22-29(28-46)23-35(25-31)48-41-17-10-8-15-37(41)39-21-19-33(27-43(39)48)45(4,5)6/h7-27H,1-6H3. The minimum absolute atomic E-state index is 0.00995. The highest BCUT2D eigenvalue weighted by molar-refractivity contribution is 6.10. The van der Waals surface area contributed by atoms with Gasteiger partial charge >= 0.3 is 0 Å². The van der Waals surface area contributed by atoms with Gasteiger partial charge in [0.25, 0.3) is 0 Å². The minimum atomic E-state index is 0.00995. The maximum atomic E-state index is 10.3. The van der Waals surface area contributed by atoms with Crippen molar-refractivity contribution in [2.75, 3.05) is 0 Å². The van der Waals surface area contributed by atoms with E-state index in [1.165, 1.54) is 43.7 Å². The molecule has 0 amide bonds. The maximum absolute atomic E-state index is 10.3. The van der Waals surface area contributed by atoms with E-state index in [1.807, 2.05) is 12.1 Å². The third kappa shape index (κ3) is 4.79. The van der Waals surface area contributed by atoms with Crippen LogP contribution in [0.4, 0.5) is 0 Å². The molecule has 0 bridgehead atoms. The summed E-state index contributed by atoms with van der Waals surface area (Å²) in [5, 5.41) is 15.2.